The quantitative estimate of drug-likeness (QED) is 0.563. The lowest BCUT2D eigenvalue weighted by atomic mass is 9.79. The molecule has 1 aromatic rings. The van der Waals surface area contributed by atoms with E-state index in [0.29, 0.717) is 11.2 Å². The second-order valence-corrected chi connectivity index (χ2v) is 2.67. The Morgan fingerprint density at radius 1 is 1.55 bits per heavy atom. The third-order valence-electron chi connectivity index (χ3n) is 1.43. The molecule has 4 nitrogen and oxygen atoms in total. The maximum Gasteiger partial charge on any atom is 0.493 e. The Bertz CT molecular complexity index is 211. The molecule has 1 heterocycles. The van der Waals surface area contributed by atoms with Crippen molar-refractivity contribution in [3.8, 4) is 0 Å². The van der Waals surface area contributed by atoms with Gasteiger partial charge >= 0.3 is 7.12 Å². The first-order chi connectivity index (χ1) is 5.13. The summed E-state index contributed by atoms with van der Waals surface area (Å²) < 4.78 is 4.82. The van der Waals surface area contributed by atoms with E-state index in [2.05, 4.69) is 5.16 Å². The summed E-state index contributed by atoms with van der Waals surface area (Å²) in [6.07, 6.45) is 1.32. The van der Waals surface area contributed by atoms with Crippen molar-refractivity contribution in [2.45, 2.75) is 19.8 Å². The van der Waals surface area contributed by atoms with Gasteiger partial charge in [-0.2, -0.15) is 0 Å². The Balaban J connectivity index is 2.96. The summed E-state index contributed by atoms with van der Waals surface area (Å²) in [5, 5.41) is 21.1. The van der Waals surface area contributed by atoms with Crippen LogP contribution >= 0.6 is 0 Å². The number of rotatable bonds is 2. The van der Waals surface area contributed by atoms with Gasteiger partial charge in [-0.05, 0) is 0 Å². The molecule has 0 bridgehead atoms. The maximum atomic E-state index is 8.80. The van der Waals surface area contributed by atoms with Crippen molar-refractivity contribution >= 4 is 12.6 Å². The summed E-state index contributed by atoms with van der Waals surface area (Å²) in [5.41, 5.74) is 0.347. The number of hydrogen-bond acceptors (Lipinski definition) is 4. The minimum absolute atomic E-state index is 0.120. The van der Waals surface area contributed by atoms with Crippen molar-refractivity contribution in [2.24, 2.45) is 0 Å². The van der Waals surface area contributed by atoms with Crippen molar-refractivity contribution < 1.29 is 14.6 Å². The SMILES string of the molecule is CC(C)c1oncc1B(O)O. The van der Waals surface area contributed by atoms with Crippen LogP contribution in [0.5, 0.6) is 0 Å². The minimum atomic E-state index is -1.49. The van der Waals surface area contributed by atoms with Gasteiger partial charge in [0.15, 0.2) is 0 Å². The van der Waals surface area contributed by atoms with Crippen LogP contribution in [0.1, 0.15) is 25.5 Å². The van der Waals surface area contributed by atoms with Crippen LogP contribution in [0.4, 0.5) is 0 Å². The molecular weight excluding hydrogens is 145 g/mol. The van der Waals surface area contributed by atoms with Gasteiger partial charge in [0.1, 0.15) is 5.76 Å². The van der Waals surface area contributed by atoms with Crippen LogP contribution in [0.15, 0.2) is 10.7 Å². The van der Waals surface area contributed by atoms with Crippen LogP contribution in [0.25, 0.3) is 0 Å². The van der Waals surface area contributed by atoms with E-state index in [0.717, 1.165) is 0 Å². The van der Waals surface area contributed by atoms with Crippen molar-refractivity contribution in [1.82, 2.24) is 5.16 Å². The highest BCUT2D eigenvalue weighted by atomic mass is 16.5. The average Bonchev–Trinajstić information content (AvgIpc) is 2.32. The molecule has 0 saturated carbocycles. The molecule has 0 amide bonds. The predicted octanol–water partition coefficient (Wildman–Crippen LogP) is -0.522. The van der Waals surface area contributed by atoms with Gasteiger partial charge in [-0.1, -0.05) is 19.0 Å². The molecular formula is C6H10BNO3. The van der Waals surface area contributed by atoms with E-state index in [9.17, 15) is 0 Å². The Labute approximate surface area is 65.0 Å². The van der Waals surface area contributed by atoms with Crippen LogP contribution in [-0.2, 0) is 0 Å². The largest absolute Gasteiger partial charge is 0.493 e. The number of nitrogens with zero attached hydrogens (tertiary/aromatic N) is 1. The summed E-state index contributed by atoms with van der Waals surface area (Å²) in [6.45, 7) is 3.79. The molecule has 2 N–H and O–H groups in total. The summed E-state index contributed by atoms with van der Waals surface area (Å²) in [5.74, 6) is 0.648. The topological polar surface area (TPSA) is 66.5 Å². The fourth-order valence-corrected chi connectivity index (χ4v) is 0.889. The summed E-state index contributed by atoms with van der Waals surface area (Å²) in [6, 6.07) is 0. The summed E-state index contributed by atoms with van der Waals surface area (Å²) in [4.78, 5) is 0. The van der Waals surface area contributed by atoms with Crippen molar-refractivity contribution in [2.75, 3.05) is 0 Å². The second kappa shape index (κ2) is 3.06. The smallest absolute Gasteiger partial charge is 0.423 e. The third kappa shape index (κ3) is 1.61. The van der Waals surface area contributed by atoms with Gasteiger partial charge in [0.25, 0.3) is 0 Å². The van der Waals surface area contributed by atoms with Crippen LogP contribution < -0.4 is 5.46 Å². The fourth-order valence-electron chi connectivity index (χ4n) is 0.889. The van der Waals surface area contributed by atoms with Crippen molar-refractivity contribution in [3.63, 3.8) is 0 Å². The van der Waals surface area contributed by atoms with E-state index in [4.69, 9.17) is 14.6 Å². The second-order valence-electron chi connectivity index (χ2n) is 2.67. The Kier molecular flexibility index (Phi) is 2.31. The summed E-state index contributed by atoms with van der Waals surface area (Å²) >= 11 is 0. The normalized spacial score (nSPS) is 10.6. The van der Waals surface area contributed by atoms with E-state index in [1.807, 2.05) is 13.8 Å². The summed E-state index contributed by atoms with van der Waals surface area (Å²) in [7, 11) is -1.49. The highest BCUT2D eigenvalue weighted by Gasteiger charge is 2.21. The first kappa shape index (κ1) is 8.29. The molecule has 0 aliphatic rings. The molecule has 0 aliphatic carbocycles. The van der Waals surface area contributed by atoms with Crippen LogP contribution in [-0.4, -0.2) is 22.3 Å². The number of aromatic nitrogens is 1. The first-order valence-electron chi connectivity index (χ1n) is 3.43. The zero-order valence-corrected chi connectivity index (χ0v) is 6.48. The molecule has 60 valence electrons. The Hall–Kier alpha value is -0.805. The van der Waals surface area contributed by atoms with Gasteiger partial charge in [0.2, 0.25) is 0 Å². The molecule has 0 fully saturated rings. The predicted molar refractivity (Wildman–Crippen MR) is 40.4 cm³/mol. The highest BCUT2D eigenvalue weighted by Crippen LogP contribution is 2.10. The molecule has 1 rings (SSSR count). The van der Waals surface area contributed by atoms with Gasteiger partial charge in [0.05, 0.1) is 6.20 Å². The molecule has 0 saturated heterocycles. The van der Waals surface area contributed by atoms with E-state index in [1.54, 1.807) is 0 Å². The van der Waals surface area contributed by atoms with E-state index in [1.165, 1.54) is 6.20 Å². The molecule has 0 atom stereocenters. The molecule has 1 aromatic heterocycles. The molecule has 0 aliphatic heterocycles. The van der Waals surface area contributed by atoms with Crippen molar-refractivity contribution in [3.05, 3.63) is 12.0 Å². The van der Waals surface area contributed by atoms with E-state index < -0.39 is 7.12 Å². The zero-order valence-electron chi connectivity index (χ0n) is 6.48. The van der Waals surface area contributed by atoms with E-state index >= 15 is 0 Å². The van der Waals surface area contributed by atoms with Gasteiger partial charge in [-0.25, -0.2) is 0 Å². The van der Waals surface area contributed by atoms with Crippen LogP contribution in [0, 0.1) is 0 Å². The Morgan fingerprint density at radius 3 is 2.55 bits per heavy atom. The lowest BCUT2D eigenvalue weighted by Crippen LogP contribution is -2.31. The molecule has 0 aromatic carbocycles. The average molecular weight is 155 g/mol. The van der Waals surface area contributed by atoms with Gasteiger partial charge in [0, 0.05) is 11.4 Å². The Morgan fingerprint density at radius 2 is 2.18 bits per heavy atom. The minimum Gasteiger partial charge on any atom is -0.423 e. The van der Waals surface area contributed by atoms with Gasteiger partial charge < -0.3 is 14.6 Å². The van der Waals surface area contributed by atoms with Gasteiger partial charge in [-0.3, -0.25) is 0 Å². The molecule has 0 unspecified atom stereocenters. The monoisotopic (exact) mass is 155 g/mol. The van der Waals surface area contributed by atoms with E-state index in [-0.39, 0.29) is 5.92 Å². The lowest BCUT2D eigenvalue weighted by Gasteiger charge is -2.01. The third-order valence-corrected chi connectivity index (χ3v) is 1.43. The van der Waals surface area contributed by atoms with Crippen molar-refractivity contribution in [1.29, 1.82) is 0 Å². The van der Waals surface area contributed by atoms with Crippen LogP contribution in [0.2, 0.25) is 0 Å². The lowest BCUT2D eigenvalue weighted by molar-refractivity contribution is 0.370. The number of hydrogen-bond donors (Lipinski definition) is 2. The fraction of sp³-hybridized carbons (Fsp3) is 0.500. The molecule has 0 spiro atoms. The molecule has 0 radical (unpaired) electrons. The molecule has 11 heavy (non-hydrogen) atoms. The standard InChI is InChI=1S/C6H10BNO3/c1-4(2)6-5(7(9)10)3-8-11-6/h3-4,9-10H,1-2H3. The van der Waals surface area contributed by atoms with Crippen LogP contribution in [0.3, 0.4) is 0 Å². The zero-order chi connectivity index (χ0) is 8.43. The van der Waals surface area contributed by atoms with Gasteiger partial charge in [-0.15, -0.1) is 0 Å². The molecule has 5 heteroatoms. The maximum absolute atomic E-state index is 8.80. The highest BCUT2D eigenvalue weighted by molar-refractivity contribution is 6.59. The first-order valence-corrected chi connectivity index (χ1v) is 3.43.